The number of hydrogen-bond donors (Lipinski definition) is 1. The van der Waals surface area contributed by atoms with E-state index in [1.54, 1.807) is 37.1 Å². The summed E-state index contributed by atoms with van der Waals surface area (Å²) in [7, 11) is 1.71. The van der Waals surface area contributed by atoms with E-state index in [1.807, 2.05) is 31.2 Å². The van der Waals surface area contributed by atoms with Crippen LogP contribution in [0.4, 0.5) is 5.69 Å². The van der Waals surface area contributed by atoms with E-state index in [0.29, 0.717) is 23.5 Å². The van der Waals surface area contributed by atoms with Gasteiger partial charge in [0.2, 0.25) is 0 Å². The van der Waals surface area contributed by atoms with Crippen LogP contribution in [0, 0.1) is 6.92 Å². The van der Waals surface area contributed by atoms with Crippen LogP contribution < -0.4 is 15.0 Å². The van der Waals surface area contributed by atoms with E-state index in [2.05, 4.69) is 5.32 Å². The Balaban J connectivity index is 1.74. The van der Waals surface area contributed by atoms with Gasteiger partial charge in [-0.3, -0.25) is 9.59 Å². The number of carbonyl (C=O) groups is 2. The third-order valence-electron chi connectivity index (χ3n) is 4.10. The summed E-state index contributed by atoms with van der Waals surface area (Å²) in [5.41, 5.74) is 3.40. The smallest absolute Gasteiger partial charge is 0.267 e. The molecule has 0 saturated carbocycles. The standard InChI is InChI=1S/C19H20N2O3/c1-12-5-4-6-14(9-12)11-20-18(22)15-7-8-16-17(10-15)24-13(2)19(23)21(16)3/h4-10,13H,11H2,1-3H3,(H,20,22). The maximum Gasteiger partial charge on any atom is 0.267 e. The summed E-state index contributed by atoms with van der Waals surface area (Å²) in [6, 6.07) is 13.1. The van der Waals surface area contributed by atoms with Crippen molar-refractivity contribution in [2.45, 2.75) is 26.5 Å². The minimum Gasteiger partial charge on any atom is -0.479 e. The molecule has 0 aromatic heterocycles. The van der Waals surface area contributed by atoms with E-state index in [9.17, 15) is 9.59 Å². The topological polar surface area (TPSA) is 58.6 Å². The summed E-state index contributed by atoms with van der Waals surface area (Å²) in [5, 5.41) is 2.91. The lowest BCUT2D eigenvalue weighted by Crippen LogP contribution is -2.42. The van der Waals surface area contributed by atoms with Crippen LogP contribution >= 0.6 is 0 Å². The second-order valence-corrected chi connectivity index (χ2v) is 6.01. The summed E-state index contributed by atoms with van der Waals surface area (Å²) in [5.74, 6) is 0.280. The van der Waals surface area contributed by atoms with E-state index in [0.717, 1.165) is 11.1 Å². The molecule has 1 unspecified atom stereocenters. The molecule has 0 saturated heterocycles. The second-order valence-electron chi connectivity index (χ2n) is 6.01. The SMILES string of the molecule is Cc1cccc(CNC(=O)c2ccc3c(c2)OC(C)C(=O)N3C)c1. The fourth-order valence-corrected chi connectivity index (χ4v) is 2.77. The van der Waals surface area contributed by atoms with Crippen LogP contribution in [0.1, 0.15) is 28.4 Å². The van der Waals surface area contributed by atoms with E-state index in [-0.39, 0.29) is 11.8 Å². The lowest BCUT2D eigenvalue weighted by atomic mass is 10.1. The Morgan fingerprint density at radius 3 is 2.79 bits per heavy atom. The average Bonchev–Trinajstić information content (AvgIpc) is 2.57. The van der Waals surface area contributed by atoms with Crippen molar-refractivity contribution in [3.63, 3.8) is 0 Å². The Morgan fingerprint density at radius 2 is 2.04 bits per heavy atom. The lowest BCUT2D eigenvalue weighted by Gasteiger charge is -2.30. The first-order valence-electron chi connectivity index (χ1n) is 7.88. The number of carbonyl (C=O) groups excluding carboxylic acids is 2. The van der Waals surface area contributed by atoms with Crippen molar-refractivity contribution in [2.24, 2.45) is 0 Å². The van der Waals surface area contributed by atoms with Crippen LogP contribution in [0.3, 0.4) is 0 Å². The first-order valence-corrected chi connectivity index (χ1v) is 7.88. The Labute approximate surface area is 141 Å². The van der Waals surface area contributed by atoms with Crippen molar-refractivity contribution < 1.29 is 14.3 Å². The number of hydrogen-bond acceptors (Lipinski definition) is 3. The fourth-order valence-electron chi connectivity index (χ4n) is 2.77. The van der Waals surface area contributed by atoms with Crippen LogP contribution in [0.2, 0.25) is 0 Å². The van der Waals surface area contributed by atoms with Crippen LogP contribution in [0.15, 0.2) is 42.5 Å². The third kappa shape index (κ3) is 3.11. The highest BCUT2D eigenvalue weighted by atomic mass is 16.5. The van der Waals surface area contributed by atoms with Crippen molar-refractivity contribution in [1.82, 2.24) is 5.32 Å². The van der Waals surface area contributed by atoms with Gasteiger partial charge < -0.3 is 15.0 Å². The molecule has 1 N–H and O–H groups in total. The normalized spacial score (nSPS) is 16.4. The van der Waals surface area contributed by atoms with Gasteiger partial charge in [0.15, 0.2) is 6.10 Å². The van der Waals surface area contributed by atoms with E-state index >= 15 is 0 Å². The Bertz CT molecular complexity index is 801. The lowest BCUT2D eigenvalue weighted by molar-refractivity contribution is -0.125. The summed E-state index contributed by atoms with van der Waals surface area (Å²) < 4.78 is 5.61. The number of fused-ring (bicyclic) bond motifs is 1. The number of rotatable bonds is 3. The van der Waals surface area contributed by atoms with Crippen molar-refractivity contribution in [2.75, 3.05) is 11.9 Å². The van der Waals surface area contributed by atoms with Gasteiger partial charge in [0, 0.05) is 19.2 Å². The molecule has 2 amide bonds. The highest BCUT2D eigenvalue weighted by Gasteiger charge is 2.29. The molecule has 0 fully saturated rings. The molecule has 0 spiro atoms. The van der Waals surface area contributed by atoms with Gasteiger partial charge >= 0.3 is 0 Å². The summed E-state index contributed by atoms with van der Waals surface area (Å²) in [6.45, 7) is 4.19. The van der Waals surface area contributed by atoms with Gasteiger partial charge in [-0.2, -0.15) is 0 Å². The molecule has 124 valence electrons. The van der Waals surface area contributed by atoms with Gasteiger partial charge in [-0.25, -0.2) is 0 Å². The van der Waals surface area contributed by atoms with Gasteiger partial charge in [-0.15, -0.1) is 0 Å². The molecular formula is C19H20N2O3. The number of ether oxygens (including phenoxy) is 1. The molecule has 1 aliphatic rings. The molecule has 1 aliphatic heterocycles. The van der Waals surface area contributed by atoms with Crippen LogP contribution in [0.5, 0.6) is 5.75 Å². The molecule has 5 nitrogen and oxygen atoms in total. The molecule has 0 bridgehead atoms. The van der Waals surface area contributed by atoms with Gasteiger partial charge in [-0.05, 0) is 37.6 Å². The predicted octanol–water partition coefficient (Wildman–Crippen LogP) is 2.67. The first-order chi connectivity index (χ1) is 11.5. The predicted molar refractivity (Wildman–Crippen MR) is 92.3 cm³/mol. The van der Waals surface area contributed by atoms with Crippen molar-refractivity contribution in [1.29, 1.82) is 0 Å². The zero-order valence-electron chi connectivity index (χ0n) is 14.0. The van der Waals surface area contributed by atoms with Crippen LogP contribution in [-0.2, 0) is 11.3 Å². The maximum atomic E-state index is 12.4. The summed E-state index contributed by atoms with van der Waals surface area (Å²) >= 11 is 0. The van der Waals surface area contributed by atoms with E-state index in [4.69, 9.17) is 4.74 Å². The molecule has 3 rings (SSSR count). The van der Waals surface area contributed by atoms with E-state index in [1.165, 1.54) is 0 Å². The second kappa shape index (κ2) is 6.35. The summed E-state index contributed by atoms with van der Waals surface area (Å²) in [4.78, 5) is 25.8. The first kappa shape index (κ1) is 16.1. The zero-order valence-corrected chi connectivity index (χ0v) is 14.0. The minimum absolute atomic E-state index is 0.0980. The molecular weight excluding hydrogens is 304 g/mol. The van der Waals surface area contributed by atoms with Gasteiger partial charge in [0.05, 0.1) is 5.69 Å². The molecule has 0 aliphatic carbocycles. The third-order valence-corrected chi connectivity index (χ3v) is 4.10. The van der Waals surface area contributed by atoms with Crippen molar-refractivity contribution in [3.8, 4) is 5.75 Å². The molecule has 1 heterocycles. The quantitative estimate of drug-likeness (QED) is 0.944. The van der Waals surface area contributed by atoms with Crippen molar-refractivity contribution >= 4 is 17.5 Å². The van der Waals surface area contributed by atoms with Gasteiger partial charge in [-0.1, -0.05) is 29.8 Å². The number of likely N-dealkylation sites (N-methyl/N-ethyl adjacent to an activating group) is 1. The number of aryl methyl sites for hydroxylation is 1. The zero-order chi connectivity index (χ0) is 17.3. The molecule has 0 radical (unpaired) electrons. The van der Waals surface area contributed by atoms with Crippen molar-refractivity contribution in [3.05, 3.63) is 59.2 Å². The van der Waals surface area contributed by atoms with Gasteiger partial charge in [0.1, 0.15) is 5.75 Å². The molecule has 2 aromatic carbocycles. The van der Waals surface area contributed by atoms with Crippen LogP contribution in [-0.4, -0.2) is 25.0 Å². The number of nitrogens with one attached hydrogen (secondary N) is 1. The molecule has 5 heteroatoms. The number of amides is 2. The fraction of sp³-hybridized carbons (Fsp3) is 0.263. The average molecular weight is 324 g/mol. The number of nitrogens with zero attached hydrogens (tertiary/aromatic N) is 1. The number of anilines is 1. The largest absolute Gasteiger partial charge is 0.479 e. The molecule has 24 heavy (non-hydrogen) atoms. The maximum absolute atomic E-state index is 12.4. The van der Waals surface area contributed by atoms with E-state index < -0.39 is 6.10 Å². The number of benzene rings is 2. The highest BCUT2D eigenvalue weighted by molar-refractivity contribution is 6.01. The molecule has 1 atom stereocenters. The summed E-state index contributed by atoms with van der Waals surface area (Å²) in [6.07, 6.45) is -0.548. The Hall–Kier alpha value is -2.82. The minimum atomic E-state index is -0.548. The Kier molecular flexibility index (Phi) is 4.25. The highest BCUT2D eigenvalue weighted by Crippen LogP contribution is 2.33. The monoisotopic (exact) mass is 324 g/mol. The van der Waals surface area contributed by atoms with Gasteiger partial charge in [0.25, 0.3) is 11.8 Å². The molecule has 2 aromatic rings. The Morgan fingerprint density at radius 1 is 1.25 bits per heavy atom. The van der Waals surface area contributed by atoms with Crippen LogP contribution in [0.25, 0.3) is 0 Å².